The highest BCUT2D eigenvalue weighted by Crippen LogP contribution is 2.32. The van der Waals surface area contributed by atoms with Gasteiger partial charge in [0, 0.05) is 41.8 Å². The molecule has 0 bridgehead atoms. The summed E-state index contributed by atoms with van der Waals surface area (Å²) in [5.74, 6) is 0.583. The molecule has 7 aromatic rings. The van der Waals surface area contributed by atoms with Gasteiger partial charge in [0.2, 0.25) is 10.0 Å². The van der Waals surface area contributed by atoms with E-state index in [1.165, 1.54) is 12.1 Å². The number of pyridine rings is 3. The summed E-state index contributed by atoms with van der Waals surface area (Å²) < 4.78 is 46.1. The lowest BCUT2D eigenvalue weighted by Crippen LogP contribution is -2.21. The van der Waals surface area contributed by atoms with Gasteiger partial charge in [-0.2, -0.15) is 5.10 Å². The molecular formula is C32H25FN8O3S. The van der Waals surface area contributed by atoms with Crippen molar-refractivity contribution in [1.29, 1.82) is 0 Å². The Morgan fingerprint density at radius 3 is 2.58 bits per heavy atom. The van der Waals surface area contributed by atoms with Gasteiger partial charge in [0.05, 0.1) is 29.0 Å². The fourth-order valence-corrected chi connectivity index (χ4v) is 5.43. The Bertz CT molecular complexity index is 2290. The van der Waals surface area contributed by atoms with Crippen LogP contribution in [0.5, 0.6) is 5.75 Å². The third-order valence-corrected chi connectivity index (χ3v) is 7.77. The smallest absolute Gasteiger partial charge is 0.209 e. The quantitative estimate of drug-likeness (QED) is 0.194. The molecule has 0 fully saturated rings. The maximum atomic E-state index is 14.6. The third kappa shape index (κ3) is 6.12. The van der Waals surface area contributed by atoms with Gasteiger partial charge in [0.15, 0.2) is 11.5 Å². The van der Waals surface area contributed by atoms with Gasteiger partial charge in [0.25, 0.3) is 0 Å². The van der Waals surface area contributed by atoms with Crippen molar-refractivity contribution in [1.82, 2.24) is 39.8 Å². The zero-order chi connectivity index (χ0) is 31.0. The minimum Gasteiger partial charge on any atom is -0.487 e. The van der Waals surface area contributed by atoms with Crippen LogP contribution in [-0.2, 0) is 23.2 Å². The summed E-state index contributed by atoms with van der Waals surface area (Å²) in [6.07, 6.45) is 7.80. The highest BCUT2D eigenvalue weighted by atomic mass is 32.2. The summed E-state index contributed by atoms with van der Waals surface area (Å²) in [4.78, 5) is 21.5. The Kier molecular flexibility index (Phi) is 7.23. The molecule has 2 aromatic carbocycles. The SMILES string of the molecule is CS(=O)(=O)NCc1cc(F)cc(-c2nccc3[nH]c(-c4n[nH]c5ncc(-c6cncc(OCc7ccccc7)c6)cc45)nc23)c1. The van der Waals surface area contributed by atoms with Crippen LogP contribution < -0.4 is 9.46 Å². The monoisotopic (exact) mass is 620 g/mol. The summed E-state index contributed by atoms with van der Waals surface area (Å²) in [6.45, 7) is 0.365. The van der Waals surface area contributed by atoms with Crippen LogP contribution in [0.2, 0.25) is 0 Å². The molecule has 0 saturated heterocycles. The Morgan fingerprint density at radius 1 is 0.889 bits per heavy atom. The van der Waals surface area contributed by atoms with Crippen molar-refractivity contribution in [3.63, 3.8) is 0 Å². The first-order valence-electron chi connectivity index (χ1n) is 13.8. The molecule has 0 aliphatic heterocycles. The van der Waals surface area contributed by atoms with Gasteiger partial charge >= 0.3 is 0 Å². The molecule has 0 atom stereocenters. The second-order valence-corrected chi connectivity index (χ2v) is 12.3. The molecule has 0 saturated carbocycles. The number of aromatic amines is 2. The topological polar surface area (TPSA) is 151 Å². The molecule has 0 aliphatic rings. The zero-order valence-electron chi connectivity index (χ0n) is 23.8. The van der Waals surface area contributed by atoms with Crippen molar-refractivity contribution in [2.75, 3.05) is 6.26 Å². The van der Waals surface area contributed by atoms with E-state index in [2.05, 4.69) is 34.9 Å². The highest BCUT2D eigenvalue weighted by molar-refractivity contribution is 7.88. The number of hydrogen-bond donors (Lipinski definition) is 3. The molecule has 45 heavy (non-hydrogen) atoms. The molecule has 224 valence electrons. The molecule has 0 spiro atoms. The summed E-state index contributed by atoms with van der Waals surface area (Å²) in [5.41, 5.74) is 6.34. The maximum absolute atomic E-state index is 14.6. The van der Waals surface area contributed by atoms with Crippen molar-refractivity contribution in [3.05, 3.63) is 108 Å². The Balaban J connectivity index is 1.22. The lowest BCUT2D eigenvalue weighted by atomic mass is 10.1. The molecule has 0 aliphatic carbocycles. The Morgan fingerprint density at radius 2 is 1.73 bits per heavy atom. The van der Waals surface area contributed by atoms with Gasteiger partial charge in [0.1, 0.15) is 29.4 Å². The van der Waals surface area contributed by atoms with Crippen LogP contribution in [0.3, 0.4) is 0 Å². The summed E-state index contributed by atoms with van der Waals surface area (Å²) in [7, 11) is -3.45. The van der Waals surface area contributed by atoms with Crippen molar-refractivity contribution in [2.45, 2.75) is 13.2 Å². The van der Waals surface area contributed by atoms with Crippen LogP contribution in [0.1, 0.15) is 11.1 Å². The van der Waals surface area contributed by atoms with E-state index in [-0.39, 0.29) is 6.54 Å². The average molecular weight is 621 g/mol. The van der Waals surface area contributed by atoms with E-state index >= 15 is 0 Å². The van der Waals surface area contributed by atoms with Gasteiger partial charge in [-0.3, -0.25) is 15.1 Å². The third-order valence-electron chi connectivity index (χ3n) is 7.11. The Labute approximate surface area is 256 Å². The molecule has 11 nitrogen and oxygen atoms in total. The number of aromatic nitrogens is 7. The van der Waals surface area contributed by atoms with Crippen LogP contribution in [0.25, 0.3) is 56.0 Å². The minimum atomic E-state index is -3.45. The normalized spacial score (nSPS) is 11.8. The molecule has 7 rings (SSSR count). The summed E-state index contributed by atoms with van der Waals surface area (Å²) in [5, 5.41) is 8.18. The maximum Gasteiger partial charge on any atom is 0.209 e. The molecule has 5 heterocycles. The molecular weight excluding hydrogens is 595 g/mol. The predicted octanol–water partition coefficient (Wildman–Crippen LogP) is 5.39. The molecule has 13 heteroatoms. The summed E-state index contributed by atoms with van der Waals surface area (Å²) >= 11 is 0. The van der Waals surface area contributed by atoms with E-state index in [9.17, 15) is 12.8 Å². The van der Waals surface area contributed by atoms with Crippen LogP contribution in [0.4, 0.5) is 4.39 Å². The van der Waals surface area contributed by atoms with Crippen molar-refractivity contribution in [3.8, 4) is 39.7 Å². The predicted molar refractivity (Wildman–Crippen MR) is 168 cm³/mol. The van der Waals surface area contributed by atoms with Crippen LogP contribution in [0, 0.1) is 5.82 Å². The number of halogens is 1. The number of nitrogens with one attached hydrogen (secondary N) is 3. The molecule has 0 radical (unpaired) electrons. The summed E-state index contributed by atoms with van der Waals surface area (Å²) in [6, 6.07) is 19.8. The first kappa shape index (κ1) is 28.3. The molecule has 5 aromatic heterocycles. The van der Waals surface area contributed by atoms with Crippen LogP contribution >= 0.6 is 0 Å². The van der Waals surface area contributed by atoms with Crippen molar-refractivity contribution in [2.24, 2.45) is 0 Å². The number of ether oxygens (including phenoxy) is 1. The lowest BCUT2D eigenvalue weighted by Gasteiger charge is -2.08. The first-order valence-corrected chi connectivity index (χ1v) is 15.7. The second kappa shape index (κ2) is 11.5. The van der Waals surface area contributed by atoms with Gasteiger partial charge in [-0.05, 0) is 47.5 Å². The standard InChI is InChI=1S/C32H25FN8O3S/c1-45(42,43)37-14-20-9-21(11-24(33)10-20)28-30-27(7-8-35-28)38-32(39-30)29-26-13-23(16-36-31(26)41-40-29)22-12-25(17-34-15-22)44-18-19-5-3-2-4-6-19/h2-13,15-17,37H,14,18H2,1H3,(H,38,39)(H,36,40,41). The van der Waals surface area contributed by atoms with E-state index in [1.54, 1.807) is 36.9 Å². The molecule has 0 unspecified atom stereocenters. The van der Waals surface area contributed by atoms with Gasteiger partial charge in [-0.25, -0.2) is 27.5 Å². The van der Waals surface area contributed by atoms with E-state index in [4.69, 9.17) is 9.72 Å². The number of H-pyrrole nitrogens is 2. The number of imidazole rings is 1. The van der Waals surface area contributed by atoms with E-state index in [0.717, 1.165) is 28.3 Å². The number of nitrogens with zero attached hydrogens (tertiary/aromatic N) is 5. The lowest BCUT2D eigenvalue weighted by molar-refractivity contribution is 0.305. The number of fused-ring (bicyclic) bond motifs is 2. The van der Waals surface area contributed by atoms with E-state index in [0.29, 0.717) is 57.4 Å². The zero-order valence-corrected chi connectivity index (χ0v) is 24.6. The largest absolute Gasteiger partial charge is 0.487 e. The van der Waals surface area contributed by atoms with Gasteiger partial charge in [-0.1, -0.05) is 30.3 Å². The minimum absolute atomic E-state index is 0.0580. The number of benzene rings is 2. The highest BCUT2D eigenvalue weighted by Gasteiger charge is 2.18. The van der Waals surface area contributed by atoms with Crippen molar-refractivity contribution >= 4 is 32.1 Å². The molecule has 3 N–H and O–H groups in total. The van der Waals surface area contributed by atoms with Gasteiger partial charge in [-0.15, -0.1) is 0 Å². The first-order chi connectivity index (χ1) is 21.8. The fraction of sp³-hybridized carbons (Fsp3) is 0.0938. The Hall–Kier alpha value is -5.53. The van der Waals surface area contributed by atoms with Crippen molar-refractivity contribution < 1.29 is 17.5 Å². The van der Waals surface area contributed by atoms with Crippen LogP contribution in [-0.4, -0.2) is 49.8 Å². The number of rotatable bonds is 9. The van der Waals surface area contributed by atoms with E-state index < -0.39 is 15.8 Å². The fourth-order valence-electron chi connectivity index (χ4n) is 5.00. The number of hydrogen-bond acceptors (Lipinski definition) is 8. The number of sulfonamides is 1. The second-order valence-electron chi connectivity index (χ2n) is 10.5. The average Bonchev–Trinajstić information content (AvgIpc) is 3.67. The van der Waals surface area contributed by atoms with Gasteiger partial charge < -0.3 is 9.72 Å². The van der Waals surface area contributed by atoms with E-state index in [1.807, 2.05) is 42.5 Å². The molecule has 0 amide bonds. The van der Waals surface area contributed by atoms with Crippen LogP contribution in [0.15, 0.2) is 91.5 Å².